The third-order valence-corrected chi connectivity index (χ3v) is 5.29. The molecule has 1 unspecified atom stereocenters. The molecule has 0 spiro atoms. The van der Waals surface area contributed by atoms with E-state index in [1.807, 2.05) is 37.7 Å². The van der Waals surface area contributed by atoms with Gasteiger partial charge in [-0.3, -0.25) is 4.68 Å². The van der Waals surface area contributed by atoms with Crippen LogP contribution in [0.2, 0.25) is 10.0 Å². The van der Waals surface area contributed by atoms with Crippen molar-refractivity contribution < 1.29 is 9.53 Å². The van der Waals surface area contributed by atoms with Gasteiger partial charge in [0.25, 0.3) is 0 Å². The van der Waals surface area contributed by atoms with Crippen LogP contribution in [0, 0.1) is 0 Å². The van der Waals surface area contributed by atoms with Gasteiger partial charge in [-0.1, -0.05) is 36.2 Å². The van der Waals surface area contributed by atoms with E-state index in [0.717, 1.165) is 34.8 Å². The van der Waals surface area contributed by atoms with Gasteiger partial charge in [0.2, 0.25) is 0 Å². The Kier molecular flexibility index (Phi) is 5.30. The monoisotopic (exact) mass is 393 g/mol. The fourth-order valence-corrected chi connectivity index (χ4v) is 3.73. The summed E-state index contributed by atoms with van der Waals surface area (Å²) >= 11 is 12.4. The first-order valence-corrected chi connectivity index (χ1v) is 9.30. The highest BCUT2D eigenvalue weighted by Gasteiger charge is 2.37. The van der Waals surface area contributed by atoms with E-state index in [-0.39, 0.29) is 11.9 Å². The number of esters is 1. The van der Waals surface area contributed by atoms with E-state index in [0.29, 0.717) is 22.2 Å². The molecule has 7 heteroatoms. The molecule has 26 heavy (non-hydrogen) atoms. The molecule has 1 aliphatic heterocycles. The van der Waals surface area contributed by atoms with E-state index in [9.17, 15) is 4.79 Å². The van der Waals surface area contributed by atoms with Gasteiger partial charge in [-0.15, -0.1) is 0 Å². The van der Waals surface area contributed by atoms with Crippen LogP contribution in [0.5, 0.6) is 0 Å². The first-order chi connectivity index (χ1) is 12.4. The highest BCUT2D eigenvalue weighted by molar-refractivity contribution is 6.42. The lowest BCUT2D eigenvalue weighted by Crippen LogP contribution is -2.25. The third kappa shape index (κ3) is 3.10. The van der Waals surface area contributed by atoms with Crippen LogP contribution in [0.15, 0.2) is 29.5 Å². The van der Waals surface area contributed by atoms with Crippen molar-refractivity contribution in [3.05, 3.63) is 56.3 Å². The Morgan fingerprint density at radius 2 is 2.04 bits per heavy atom. The standard InChI is InChI=1S/C19H21Cl2N3O2/c1-5-14-17-16(11-7-8-12(20)13(21)9-11)15(19(25)26-6-2)10(3)22-18(17)24(4)23-14/h7-9,16,22H,5-6H2,1-4H3. The van der Waals surface area contributed by atoms with E-state index < -0.39 is 0 Å². The number of hydrogen-bond acceptors (Lipinski definition) is 4. The van der Waals surface area contributed by atoms with Gasteiger partial charge in [0, 0.05) is 24.2 Å². The van der Waals surface area contributed by atoms with Crippen molar-refractivity contribution in [2.24, 2.45) is 7.05 Å². The minimum atomic E-state index is -0.342. The average molecular weight is 394 g/mol. The second kappa shape index (κ2) is 7.33. The molecule has 2 heterocycles. The minimum absolute atomic E-state index is 0.310. The quantitative estimate of drug-likeness (QED) is 0.765. The molecule has 0 amide bonds. The summed E-state index contributed by atoms with van der Waals surface area (Å²) in [5.41, 5.74) is 4.10. The van der Waals surface area contributed by atoms with Crippen LogP contribution in [-0.2, 0) is 23.0 Å². The van der Waals surface area contributed by atoms with Gasteiger partial charge in [-0.25, -0.2) is 4.79 Å². The summed E-state index contributed by atoms with van der Waals surface area (Å²) in [5, 5.41) is 8.86. The molecule has 3 rings (SSSR count). The Morgan fingerprint density at radius 1 is 1.31 bits per heavy atom. The van der Waals surface area contributed by atoms with Crippen LogP contribution >= 0.6 is 23.2 Å². The number of ether oxygens (including phenoxy) is 1. The zero-order valence-corrected chi connectivity index (χ0v) is 16.7. The molecule has 138 valence electrons. The third-order valence-electron chi connectivity index (χ3n) is 4.55. The number of aromatic nitrogens is 2. The number of nitrogens with one attached hydrogen (secondary N) is 1. The minimum Gasteiger partial charge on any atom is -0.463 e. The number of carbonyl (C=O) groups excluding carboxylic acids is 1. The highest BCUT2D eigenvalue weighted by atomic mass is 35.5. The number of anilines is 1. The first kappa shape index (κ1) is 18.8. The predicted octanol–water partition coefficient (Wildman–Crippen LogP) is 4.68. The molecule has 0 fully saturated rings. The zero-order chi connectivity index (χ0) is 19.0. The molecule has 0 radical (unpaired) electrons. The maximum atomic E-state index is 12.8. The Balaban J connectivity index is 2.26. The average Bonchev–Trinajstić information content (AvgIpc) is 2.92. The SMILES string of the molecule is CCOC(=O)C1=C(C)Nc2c(c(CC)nn2C)C1c1ccc(Cl)c(Cl)c1. The number of hydrogen-bond donors (Lipinski definition) is 1. The van der Waals surface area contributed by atoms with E-state index in [1.165, 1.54) is 0 Å². The van der Waals surface area contributed by atoms with Gasteiger partial charge >= 0.3 is 5.97 Å². The maximum Gasteiger partial charge on any atom is 0.336 e. The van der Waals surface area contributed by atoms with Crippen molar-refractivity contribution in [2.45, 2.75) is 33.1 Å². The first-order valence-electron chi connectivity index (χ1n) is 8.54. The summed E-state index contributed by atoms with van der Waals surface area (Å²) in [5.74, 6) is 0.220. The van der Waals surface area contributed by atoms with Crippen molar-refractivity contribution in [1.29, 1.82) is 0 Å². The van der Waals surface area contributed by atoms with Gasteiger partial charge in [-0.2, -0.15) is 5.10 Å². The molecule has 0 aliphatic carbocycles. The van der Waals surface area contributed by atoms with Crippen LogP contribution in [0.4, 0.5) is 5.82 Å². The summed E-state index contributed by atoms with van der Waals surface area (Å²) in [6.07, 6.45) is 0.748. The van der Waals surface area contributed by atoms with Gasteiger partial charge in [0.1, 0.15) is 5.82 Å². The number of benzene rings is 1. The van der Waals surface area contributed by atoms with E-state index in [4.69, 9.17) is 27.9 Å². The predicted molar refractivity (Wildman–Crippen MR) is 104 cm³/mol. The number of halogens is 2. The molecule has 0 saturated carbocycles. The Hall–Kier alpha value is -1.98. The van der Waals surface area contributed by atoms with Crippen LogP contribution in [0.25, 0.3) is 0 Å². The number of rotatable bonds is 4. The van der Waals surface area contributed by atoms with Crippen molar-refractivity contribution in [1.82, 2.24) is 9.78 Å². The van der Waals surface area contributed by atoms with Crippen molar-refractivity contribution in [3.63, 3.8) is 0 Å². The van der Waals surface area contributed by atoms with Gasteiger partial charge in [0.05, 0.1) is 27.9 Å². The van der Waals surface area contributed by atoms with E-state index in [1.54, 1.807) is 13.0 Å². The van der Waals surface area contributed by atoms with E-state index >= 15 is 0 Å². The largest absolute Gasteiger partial charge is 0.463 e. The molecule has 1 atom stereocenters. The Bertz CT molecular complexity index is 902. The molecular formula is C19H21Cl2N3O2. The van der Waals surface area contributed by atoms with Gasteiger partial charge in [-0.05, 0) is 38.0 Å². The number of fused-ring (bicyclic) bond motifs is 1. The van der Waals surface area contributed by atoms with Crippen LogP contribution < -0.4 is 5.32 Å². The number of nitrogens with zero attached hydrogens (tertiary/aromatic N) is 2. The second-order valence-corrected chi connectivity index (χ2v) is 6.99. The number of allylic oxidation sites excluding steroid dienone is 1. The van der Waals surface area contributed by atoms with Crippen LogP contribution in [0.1, 0.15) is 43.5 Å². The fourth-order valence-electron chi connectivity index (χ4n) is 3.42. The summed E-state index contributed by atoms with van der Waals surface area (Å²) in [6.45, 7) is 6.03. The summed E-state index contributed by atoms with van der Waals surface area (Å²) in [7, 11) is 1.89. The Morgan fingerprint density at radius 3 is 2.65 bits per heavy atom. The zero-order valence-electron chi connectivity index (χ0n) is 15.2. The normalized spacial score (nSPS) is 16.3. The maximum absolute atomic E-state index is 12.8. The van der Waals surface area contributed by atoms with Crippen molar-refractivity contribution in [3.8, 4) is 0 Å². The number of carbonyl (C=O) groups is 1. The lowest BCUT2D eigenvalue weighted by molar-refractivity contribution is -0.138. The van der Waals surface area contributed by atoms with Crippen LogP contribution in [-0.4, -0.2) is 22.4 Å². The van der Waals surface area contributed by atoms with E-state index in [2.05, 4.69) is 10.4 Å². The van der Waals surface area contributed by atoms with Gasteiger partial charge in [0.15, 0.2) is 0 Å². The van der Waals surface area contributed by atoms with Crippen molar-refractivity contribution in [2.75, 3.05) is 11.9 Å². The molecule has 1 N–H and O–H groups in total. The molecule has 5 nitrogen and oxygen atoms in total. The topological polar surface area (TPSA) is 56.1 Å². The smallest absolute Gasteiger partial charge is 0.336 e. The van der Waals surface area contributed by atoms with Crippen LogP contribution in [0.3, 0.4) is 0 Å². The van der Waals surface area contributed by atoms with Crippen molar-refractivity contribution >= 4 is 35.0 Å². The summed E-state index contributed by atoms with van der Waals surface area (Å²) < 4.78 is 7.14. The lowest BCUT2D eigenvalue weighted by atomic mass is 9.81. The van der Waals surface area contributed by atoms with Gasteiger partial charge < -0.3 is 10.1 Å². The molecule has 0 saturated heterocycles. The number of aryl methyl sites for hydroxylation is 2. The summed E-state index contributed by atoms with van der Waals surface area (Å²) in [4.78, 5) is 12.8. The second-order valence-electron chi connectivity index (χ2n) is 6.18. The fraction of sp³-hybridized carbons (Fsp3) is 0.368. The molecule has 0 bridgehead atoms. The highest BCUT2D eigenvalue weighted by Crippen LogP contribution is 2.44. The lowest BCUT2D eigenvalue weighted by Gasteiger charge is -2.29. The molecule has 1 aromatic carbocycles. The molecular weight excluding hydrogens is 373 g/mol. The Labute approximate surface area is 162 Å². The molecule has 1 aromatic heterocycles. The molecule has 2 aromatic rings. The molecule has 1 aliphatic rings. The summed E-state index contributed by atoms with van der Waals surface area (Å²) in [6, 6.07) is 5.45.